The number of nitrogens with zero attached hydrogens (tertiary/aromatic N) is 1. The molecule has 74 valence electrons. The Labute approximate surface area is 77.3 Å². The fraction of sp³-hybridized carbons (Fsp3) is 0.750. The Morgan fingerprint density at radius 1 is 1.77 bits per heavy atom. The molecule has 13 heavy (non-hydrogen) atoms. The zero-order valence-corrected chi connectivity index (χ0v) is 7.75. The van der Waals surface area contributed by atoms with Gasteiger partial charge in [0.2, 0.25) is 0 Å². The van der Waals surface area contributed by atoms with E-state index in [1.54, 1.807) is 4.90 Å². The van der Waals surface area contributed by atoms with Crippen LogP contribution in [-0.4, -0.2) is 36.5 Å². The lowest BCUT2D eigenvalue weighted by Gasteiger charge is -2.23. The fourth-order valence-corrected chi connectivity index (χ4v) is 1.64. The second-order valence-electron chi connectivity index (χ2n) is 3.15. The van der Waals surface area contributed by atoms with Crippen LogP contribution in [0.3, 0.4) is 0 Å². The van der Waals surface area contributed by atoms with Crippen molar-refractivity contribution < 1.29 is 9.53 Å². The molecule has 0 spiro atoms. The minimum Gasteiger partial charge on any atom is -0.469 e. The Morgan fingerprint density at radius 2 is 2.46 bits per heavy atom. The van der Waals surface area contributed by atoms with E-state index in [-0.39, 0.29) is 18.0 Å². The molecule has 1 rings (SSSR count). The van der Waals surface area contributed by atoms with Gasteiger partial charge in [0.15, 0.2) is 5.96 Å². The summed E-state index contributed by atoms with van der Waals surface area (Å²) in [5, 5.41) is 7.27. The van der Waals surface area contributed by atoms with Crippen LogP contribution in [0.5, 0.6) is 0 Å². The van der Waals surface area contributed by atoms with Crippen LogP contribution in [0.15, 0.2) is 0 Å². The molecule has 3 N–H and O–H groups in total. The first-order valence-electron chi connectivity index (χ1n) is 4.32. The van der Waals surface area contributed by atoms with Crippen molar-refractivity contribution in [1.82, 2.24) is 4.90 Å². The normalized spacial score (nSPS) is 21.6. The highest BCUT2D eigenvalue weighted by Gasteiger charge is 2.27. The number of ether oxygens (including phenoxy) is 1. The first-order chi connectivity index (χ1) is 6.15. The first kappa shape index (κ1) is 9.83. The molecule has 1 atom stereocenters. The average Bonchev–Trinajstić information content (AvgIpc) is 2.52. The summed E-state index contributed by atoms with van der Waals surface area (Å²) in [7, 11) is 1.37. The lowest BCUT2D eigenvalue weighted by Crippen LogP contribution is -2.41. The molecule has 0 aromatic rings. The van der Waals surface area contributed by atoms with Gasteiger partial charge in [0.1, 0.15) is 0 Å². The van der Waals surface area contributed by atoms with Crippen LogP contribution < -0.4 is 5.73 Å². The molecule has 1 aliphatic rings. The van der Waals surface area contributed by atoms with Gasteiger partial charge in [-0.2, -0.15) is 0 Å². The number of hydrogen-bond donors (Lipinski definition) is 2. The van der Waals surface area contributed by atoms with Crippen LogP contribution >= 0.6 is 0 Å². The zero-order chi connectivity index (χ0) is 9.84. The van der Waals surface area contributed by atoms with Gasteiger partial charge in [-0.05, 0) is 12.8 Å². The monoisotopic (exact) mass is 185 g/mol. The Hall–Kier alpha value is -1.26. The van der Waals surface area contributed by atoms with Crippen LogP contribution in [0, 0.1) is 5.41 Å². The number of likely N-dealkylation sites (tertiary alicyclic amines) is 1. The summed E-state index contributed by atoms with van der Waals surface area (Å²) in [5.41, 5.74) is 5.36. The van der Waals surface area contributed by atoms with Gasteiger partial charge in [-0.15, -0.1) is 0 Å². The largest absolute Gasteiger partial charge is 0.469 e. The number of hydrogen-bond acceptors (Lipinski definition) is 3. The standard InChI is InChI=1S/C8H15N3O2/c1-13-7(12)5-6-3-2-4-11(6)8(9)10/h6H,2-5H2,1H3,(H3,9,10)/t6-/m1/s1. The predicted octanol–water partition coefficient (Wildman–Crippen LogP) is -0.0926. The Morgan fingerprint density at radius 3 is 3.00 bits per heavy atom. The van der Waals surface area contributed by atoms with Crippen molar-refractivity contribution in [3.05, 3.63) is 0 Å². The van der Waals surface area contributed by atoms with Crippen LogP contribution in [0.2, 0.25) is 0 Å². The van der Waals surface area contributed by atoms with Gasteiger partial charge in [-0.25, -0.2) is 0 Å². The smallest absolute Gasteiger partial charge is 0.307 e. The number of carbonyl (C=O) groups is 1. The highest BCUT2D eigenvalue weighted by Crippen LogP contribution is 2.19. The van der Waals surface area contributed by atoms with Gasteiger partial charge in [0, 0.05) is 12.6 Å². The first-order valence-corrected chi connectivity index (χ1v) is 4.32. The zero-order valence-electron chi connectivity index (χ0n) is 7.75. The fourth-order valence-electron chi connectivity index (χ4n) is 1.64. The van der Waals surface area contributed by atoms with Crippen molar-refractivity contribution in [3.8, 4) is 0 Å². The van der Waals surface area contributed by atoms with Gasteiger partial charge in [0.25, 0.3) is 0 Å². The molecule has 0 bridgehead atoms. The number of nitrogens with two attached hydrogens (primary N) is 1. The van der Waals surface area contributed by atoms with Gasteiger partial charge < -0.3 is 15.4 Å². The molecular weight excluding hydrogens is 170 g/mol. The second kappa shape index (κ2) is 4.11. The maximum Gasteiger partial charge on any atom is 0.307 e. The van der Waals surface area contributed by atoms with Crippen LogP contribution in [0.4, 0.5) is 0 Å². The molecule has 5 nitrogen and oxygen atoms in total. The second-order valence-corrected chi connectivity index (χ2v) is 3.15. The van der Waals surface area contributed by atoms with E-state index in [1.807, 2.05) is 0 Å². The van der Waals surface area contributed by atoms with E-state index < -0.39 is 0 Å². The number of methoxy groups -OCH3 is 1. The van der Waals surface area contributed by atoms with E-state index >= 15 is 0 Å². The molecule has 0 amide bonds. The summed E-state index contributed by atoms with van der Waals surface area (Å²) >= 11 is 0. The molecule has 0 aliphatic carbocycles. The van der Waals surface area contributed by atoms with Crippen LogP contribution in [0.1, 0.15) is 19.3 Å². The summed E-state index contributed by atoms with van der Waals surface area (Å²) in [6, 6.07) is 0.0601. The van der Waals surface area contributed by atoms with E-state index in [0.29, 0.717) is 6.42 Å². The number of nitrogens with one attached hydrogen (secondary N) is 1. The topological polar surface area (TPSA) is 79.4 Å². The molecule has 0 aromatic carbocycles. The molecule has 1 fully saturated rings. The van der Waals surface area contributed by atoms with Crippen molar-refractivity contribution >= 4 is 11.9 Å². The van der Waals surface area contributed by atoms with E-state index in [0.717, 1.165) is 19.4 Å². The third-order valence-corrected chi connectivity index (χ3v) is 2.32. The highest BCUT2D eigenvalue weighted by atomic mass is 16.5. The maximum absolute atomic E-state index is 11.0. The summed E-state index contributed by atoms with van der Waals surface area (Å²) in [6.45, 7) is 0.775. The maximum atomic E-state index is 11.0. The molecular formula is C8H15N3O2. The van der Waals surface area contributed by atoms with Crippen LogP contribution in [-0.2, 0) is 9.53 Å². The van der Waals surface area contributed by atoms with E-state index in [1.165, 1.54) is 7.11 Å². The molecule has 5 heteroatoms. The SMILES string of the molecule is COC(=O)C[C@H]1CCCN1C(=N)N. The summed E-state index contributed by atoms with van der Waals surface area (Å²) < 4.78 is 4.56. The molecule has 1 aliphatic heterocycles. The predicted molar refractivity (Wildman–Crippen MR) is 48.3 cm³/mol. The third-order valence-electron chi connectivity index (χ3n) is 2.32. The Bertz CT molecular complexity index is 217. The Balaban J connectivity index is 2.48. The summed E-state index contributed by atoms with van der Waals surface area (Å²) in [6.07, 6.45) is 2.23. The molecule has 0 aromatic heterocycles. The Kier molecular flexibility index (Phi) is 3.11. The van der Waals surface area contributed by atoms with E-state index in [2.05, 4.69) is 4.74 Å². The number of rotatable bonds is 2. The summed E-state index contributed by atoms with van der Waals surface area (Å²) in [4.78, 5) is 12.7. The lowest BCUT2D eigenvalue weighted by molar-refractivity contribution is -0.141. The number of guanidine groups is 1. The molecule has 0 radical (unpaired) electrons. The van der Waals surface area contributed by atoms with Crippen molar-refractivity contribution in [2.45, 2.75) is 25.3 Å². The minimum atomic E-state index is -0.238. The molecule has 1 heterocycles. The molecule has 0 saturated carbocycles. The van der Waals surface area contributed by atoms with Crippen molar-refractivity contribution in [3.63, 3.8) is 0 Å². The van der Waals surface area contributed by atoms with E-state index in [9.17, 15) is 4.79 Å². The quantitative estimate of drug-likeness (QED) is 0.358. The van der Waals surface area contributed by atoms with Gasteiger partial charge in [0.05, 0.1) is 13.5 Å². The van der Waals surface area contributed by atoms with Crippen molar-refractivity contribution in [2.24, 2.45) is 5.73 Å². The highest BCUT2D eigenvalue weighted by molar-refractivity contribution is 5.77. The van der Waals surface area contributed by atoms with Gasteiger partial charge in [-0.3, -0.25) is 10.2 Å². The van der Waals surface area contributed by atoms with Crippen molar-refractivity contribution in [1.29, 1.82) is 5.41 Å². The molecule has 0 unspecified atom stereocenters. The van der Waals surface area contributed by atoms with E-state index in [4.69, 9.17) is 11.1 Å². The summed E-state index contributed by atoms with van der Waals surface area (Å²) in [5.74, 6) is -0.190. The number of esters is 1. The minimum absolute atomic E-state index is 0.0476. The third kappa shape index (κ3) is 2.34. The average molecular weight is 185 g/mol. The molecule has 1 saturated heterocycles. The van der Waals surface area contributed by atoms with Gasteiger partial charge >= 0.3 is 5.97 Å². The van der Waals surface area contributed by atoms with Crippen molar-refractivity contribution in [2.75, 3.05) is 13.7 Å². The van der Waals surface area contributed by atoms with Gasteiger partial charge in [-0.1, -0.05) is 0 Å². The lowest BCUT2D eigenvalue weighted by atomic mass is 10.1. The van der Waals surface area contributed by atoms with Crippen LogP contribution in [0.25, 0.3) is 0 Å². The number of carbonyl (C=O) groups excluding carboxylic acids is 1.